The molecule has 82 valence electrons. The Kier molecular flexibility index (Phi) is 6.74. The summed E-state index contributed by atoms with van der Waals surface area (Å²) >= 11 is 0. The Labute approximate surface area is 83.9 Å². The third-order valence-electron chi connectivity index (χ3n) is 1.83. The summed E-state index contributed by atoms with van der Waals surface area (Å²) in [7, 11) is 0. The van der Waals surface area contributed by atoms with Crippen molar-refractivity contribution in [2.45, 2.75) is 32.7 Å². The summed E-state index contributed by atoms with van der Waals surface area (Å²) in [5.41, 5.74) is 0. The monoisotopic (exact) mass is 202 g/mol. The summed E-state index contributed by atoms with van der Waals surface area (Å²) in [6.07, 6.45) is 1.31. The molecule has 5 nitrogen and oxygen atoms in total. The summed E-state index contributed by atoms with van der Waals surface area (Å²) in [5, 5.41) is 13.8. The molecule has 0 aliphatic rings. The number of aliphatic hydroxyl groups is 1. The molecule has 0 radical (unpaired) electrons. The zero-order chi connectivity index (χ0) is 11.0. The molecule has 0 heterocycles. The third-order valence-corrected chi connectivity index (χ3v) is 1.83. The highest BCUT2D eigenvalue weighted by Crippen LogP contribution is 1.95. The van der Waals surface area contributed by atoms with Crippen molar-refractivity contribution in [3.05, 3.63) is 0 Å². The molecule has 1 unspecified atom stereocenters. The first-order valence-corrected chi connectivity index (χ1v) is 4.74. The van der Waals surface area contributed by atoms with Crippen LogP contribution in [0.25, 0.3) is 0 Å². The Morgan fingerprint density at radius 2 is 2.07 bits per heavy atom. The van der Waals surface area contributed by atoms with E-state index in [4.69, 9.17) is 5.11 Å². The maximum atomic E-state index is 11.2. The van der Waals surface area contributed by atoms with Crippen molar-refractivity contribution < 1.29 is 14.7 Å². The molecule has 1 atom stereocenters. The molecule has 0 bridgehead atoms. The van der Waals surface area contributed by atoms with Crippen molar-refractivity contribution in [1.29, 1.82) is 0 Å². The van der Waals surface area contributed by atoms with Gasteiger partial charge in [-0.05, 0) is 12.8 Å². The first-order chi connectivity index (χ1) is 6.60. The maximum absolute atomic E-state index is 11.2. The van der Waals surface area contributed by atoms with Crippen LogP contribution in [-0.4, -0.2) is 36.1 Å². The maximum Gasteiger partial charge on any atom is 0.239 e. The van der Waals surface area contributed by atoms with Crippen LogP contribution in [0.5, 0.6) is 0 Å². The van der Waals surface area contributed by atoms with Gasteiger partial charge in [0.15, 0.2) is 0 Å². The van der Waals surface area contributed by atoms with Gasteiger partial charge in [-0.1, -0.05) is 6.92 Å². The summed E-state index contributed by atoms with van der Waals surface area (Å²) in [4.78, 5) is 21.7. The van der Waals surface area contributed by atoms with Crippen LogP contribution in [0.2, 0.25) is 0 Å². The van der Waals surface area contributed by atoms with Gasteiger partial charge < -0.3 is 15.7 Å². The predicted octanol–water partition coefficient (Wildman–Crippen LogP) is -0.600. The van der Waals surface area contributed by atoms with E-state index in [0.717, 1.165) is 6.42 Å². The van der Waals surface area contributed by atoms with Gasteiger partial charge in [-0.3, -0.25) is 9.59 Å². The van der Waals surface area contributed by atoms with E-state index in [-0.39, 0.29) is 31.0 Å². The molecule has 0 saturated carbocycles. The molecule has 5 heteroatoms. The average molecular weight is 202 g/mol. The van der Waals surface area contributed by atoms with Crippen molar-refractivity contribution in [2.75, 3.05) is 13.2 Å². The van der Waals surface area contributed by atoms with E-state index >= 15 is 0 Å². The van der Waals surface area contributed by atoms with Crippen molar-refractivity contribution >= 4 is 11.8 Å². The van der Waals surface area contributed by atoms with Crippen LogP contribution in [0.1, 0.15) is 26.7 Å². The van der Waals surface area contributed by atoms with Crippen LogP contribution in [-0.2, 0) is 9.59 Å². The first kappa shape index (κ1) is 12.9. The van der Waals surface area contributed by atoms with Crippen LogP contribution in [0.15, 0.2) is 0 Å². The van der Waals surface area contributed by atoms with Crippen LogP contribution in [0.3, 0.4) is 0 Å². The number of amides is 2. The van der Waals surface area contributed by atoms with Gasteiger partial charge in [0.1, 0.15) is 0 Å². The molecular weight excluding hydrogens is 184 g/mol. The molecule has 0 aromatic heterocycles. The minimum absolute atomic E-state index is 0.00272. The fourth-order valence-corrected chi connectivity index (χ4v) is 1.02. The average Bonchev–Trinajstić information content (AvgIpc) is 2.14. The quantitative estimate of drug-likeness (QED) is 0.538. The lowest BCUT2D eigenvalue weighted by Gasteiger charge is -2.15. The normalized spacial score (nSPS) is 11.9. The molecule has 0 aliphatic carbocycles. The number of carbonyl (C=O) groups excluding carboxylic acids is 2. The second-order valence-electron chi connectivity index (χ2n) is 3.09. The number of aliphatic hydroxyl groups excluding tert-OH is 1. The van der Waals surface area contributed by atoms with Gasteiger partial charge in [0, 0.05) is 19.6 Å². The van der Waals surface area contributed by atoms with Gasteiger partial charge in [-0.25, -0.2) is 0 Å². The topological polar surface area (TPSA) is 78.4 Å². The Bertz CT molecular complexity index is 194. The van der Waals surface area contributed by atoms with Crippen LogP contribution in [0, 0.1) is 0 Å². The summed E-state index contributed by atoms with van der Waals surface area (Å²) < 4.78 is 0. The van der Waals surface area contributed by atoms with Gasteiger partial charge in [-0.2, -0.15) is 0 Å². The molecule has 0 saturated heterocycles. The van der Waals surface area contributed by atoms with E-state index in [0.29, 0.717) is 6.42 Å². The van der Waals surface area contributed by atoms with E-state index in [1.165, 1.54) is 6.92 Å². The predicted molar refractivity (Wildman–Crippen MR) is 52.6 cm³/mol. The second kappa shape index (κ2) is 7.32. The van der Waals surface area contributed by atoms with Crippen LogP contribution >= 0.6 is 0 Å². The molecule has 0 aromatic carbocycles. The molecule has 2 amide bonds. The highest BCUT2D eigenvalue weighted by atomic mass is 16.3. The highest BCUT2D eigenvalue weighted by Gasteiger charge is 2.09. The van der Waals surface area contributed by atoms with Gasteiger partial charge >= 0.3 is 0 Å². The molecular formula is C9H18N2O3. The number of nitrogens with one attached hydrogen (secondary N) is 2. The summed E-state index contributed by atoms with van der Waals surface area (Å²) in [5.74, 6) is -0.448. The van der Waals surface area contributed by atoms with Crippen molar-refractivity contribution in [3.63, 3.8) is 0 Å². The first-order valence-electron chi connectivity index (χ1n) is 4.74. The van der Waals surface area contributed by atoms with Crippen LogP contribution < -0.4 is 10.6 Å². The standard InChI is InChI=1S/C9H18N2O3/c1-3-8(4-5-12)11-9(14)6-10-7(2)13/h8,12H,3-6H2,1-2H3,(H,10,13)(H,11,14). The largest absolute Gasteiger partial charge is 0.396 e. The van der Waals surface area contributed by atoms with E-state index in [1.54, 1.807) is 0 Å². The molecule has 14 heavy (non-hydrogen) atoms. The van der Waals surface area contributed by atoms with Crippen molar-refractivity contribution in [3.8, 4) is 0 Å². The van der Waals surface area contributed by atoms with Crippen LogP contribution in [0.4, 0.5) is 0 Å². The Balaban J connectivity index is 3.72. The highest BCUT2D eigenvalue weighted by molar-refractivity contribution is 5.83. The van der Waals surface area contributed by atoms with Gasteiger partial charge in [0.25, 0.3) is 0 Å². The molecule has 0 rings (SSSR count). The van der Waals surface area contributed by atoms with Crippen molar-refractivity contribution in [1.82, 2.24) is 10.6 Å². The summed E-state index contributed by atoms with van der Waals surface area (Å²) in [6, 6.07) is -0.0127. The molecule has 0 fully saturated rings. The number of hydrogen-bond donors (Lipinski definition) is 3. The Morgan fingerprint density at radius 1 is 1.43 bits per heavy atom. The third kappa shape index (κ3) is 6.42. The smallest absolute Gasteiger partial charge is 0.239 e. The second-order valence-corrected chi connectivity index (χ2v) is 3.09. The zero-order valence-corrected chi connectivity index (χ0v) is 8.67. The van der Waals surface area contributed by atoms with E-state index < -0.39 is 0 Å². The molecule has 0 aliphatic heterocycles. The fraction of sp³-hybridized carbons (Fsp3) is 0.778. The number of hydrogen-bond acceptors (Lipinski definition) is 3. The SMILES string of the molecule is CCC(CCO)NC(=O)CNC(C)=O. The van der Waals surface area contributed by atoms with Gasteiger partial charge in [0.05, 0.1) is 6.54 Å². The van der Waals surface area contributed by atoms with E-state index in [9.17, 15) is 9.59 Å². The lowest BCUT2D eigenvalue weighted by Crippen LogP contribution is -2.41. The minimum atomic E-state index is -0.227. The number of rotatable bonds is 6. The lowest BCUT2D eigenvalue weighted by molar-refractivity contribution is -0.125. The zero-order valence-electron chi connectivity index (χ0n) is 8.67. The van der Waals surface area contributed by atoms with Crippen molar-refractivity contribution in [2.24, 2.45) is 0 Å². The Hall–Kier alpha value is -1.10. The number of carbonyl (C=O) groups is 2. The van der Waals surface area contributed by atoms with Gasteiger partial charge in [-0.15, -0.1) is 0 Å². The molecule has 0 aromatic rings. The fourth-order valence-electron chi connectivity index (χ4n) is 1.02. The molecule has 0 spiro atoms. The Morgan fingerprint density at radius 3 is 2.50 bits per heavy atom. The molecule has 3 N–H and O–H groups in total. The summed E-state index contributed by atoms with van der Waals surface area (Å²) in [6.45, 7) is 3.34. The van der Waals surface area contributed by atoms with E-state index in [2.05, 4.69) is 10.6 Å². The van der Waals surface area contributed by atoms with E-state index in [1.807, 2.05) is 6.92 Å². The lowest BCUT2D eigenvalue weighted by atomic mass is 10.1. The minimum Gasteiger partial charge on any atom is -0.396 e. The van der Waals surface area contributed by atoms with Gasteiger partial charge in [0.2, 0.25) is 11.8 Å².